The molecule has 2 unspecified atom stereocenters. The van der Waals surface area contributed by atoms with E-state index < -0.39 is 27.1 Å². The Balaban J connectivity index is 2.07. The molecule has 2 atom stereocenters. The summed E-state index contributed by atoms with van der Waals surface area (Å²) in [5.74, 6) is -0.289. The minimum absolute atomic E-state index is 0.178. The predicted octanol–water partition coefficient (Wildman–Crippen LogP) is 1.48. The molecule has 1 N–H and O–H groups in total. The topological polar surface area (TPSA) is 89.3 Å². The monoisotopic (exact) mass is 298 g/mol. The summed E-state index contributed by atoms with van der Waals surface area (Å²) in [6.45, 7) is 0. The van der Waals surface area contributed by atoms with E-state index in [4.69, 9.17) is 0 Å². The molecule has 0 amide bonds. The highest BCUT2D eigenvalue weighted by atomic mass is 32.2. The van der Waals surface area contributed by atoms with Crippen LogP contribution in [-0.2, 0) is 21.1 Å². The van der Waals surface area contributed by atoms with E-state index in [0.29, 0.717) is 25.1 Å². The molecule has 1 aromatic rings. The number of sulfone groups is 1. The van der Waals surface area contributed by atoms with Crippen molar-refractivity contribution in [3.63, 3.8) is 0 Å². The average Bonchev–Trinajstić information content (AvgIpc) is 2.81. The number of imidazole rings is 1. The number of rotatable bonds is 2. The normalized spacial score (nSPS) is 28.8. The number of hydrogen-bond acceptors (Lipinski definition) is 4. The van der Waals surface area contributed by atoms with Crippen LogP contribution in [0.1, 0.15) is 54.9 Å². The van der Waals surface area contributed by atoms with Gasteiger partial charge in [0.15, 0.2) is 9.84 Å². The third kappa shape index (κ3) is 2.13. The minimum Gasteiger partial charge on any atom is -0.480 e. The second kappa shape index (κ2) is 4.87. The quantitative estimate of drug-likeness (QED) is 0.893. The number of hydrogen-bond donors (Lipinski definition) is 1. The Bertz CT molecular complexity index is 635. The van der Waals surface area contributed by atoms with Gasteiger partial charge in [-0.15, -0.1) is 0 Å². The van der Waals surface area contributed by atoms with E-state index >= 15 is 0 Å². The number of aryl methyl sites for hydroxylation is 1. The lowest BCUT2D eigenvalue weighted by Crippen LogP contribution is -2.30. The van der Waals surface area contributed by atoms with Gasteiger partial charge in [-0.3, -0.25) is 0 Å². The van der Waals surface area contributed by atoms with E-state index in [1.165, 1.54) is 0 Å². The summed E-state index contributed by atoms with van der Waals surface area (Å²) in [4.78, 5) is 15.7. The molecule has 0 bridgehead atoms. The summed E-state index contributed by atoms with van der Waals surface area (Å²) >= 11 is 0. The summed E-state index contributed by atoms with van der Waals surface area (Å²) in [6, 6.07) is -0.673. The molecule has 110 valence electrons. The largest absolute Gasteiger partial charge is 0.480 e. The number of carbonyl (C=O) groups is 1. The van der Waals surface area contributed by atoms with E-state index in [-0.39, 0.29) is 5.75 Å². The zero-order valence-corrected chi connectivity index (χ0v) is 12.0. The first kappa shape index (κ1) is 13.6. The van der Waals surface area contributed by atoms with Crippen LogP contribution in [-0.4, -0.2) is 34.8 Å². The number of aromatic nitrogens is 2. The maximum Gasteiger partial charge on any atom is 0.326 e. The summed E-state index contributed by atoms with van der Waals surface area (Å²) in [6.07, 6.45) is 5.85. The highest BCUT2D eigenvalue weighted by Crippen LogP contribution is 2.37. The van der Waals surface area contributed by atoms with E-state index in [2.05, 4.69) is 4.98 Å². The summed E-state index contributed by atoms with van der Waals surface area (Å²) in [5, 5.41) is 8.72. The highest BCUT2D eigenvalue weighted by Gasteiger charge is 2.37. The van der Waals surface area contributed by atoms with Crippen molar-refractivity contribution < 1.29 is 18.3 Å². The van der Waals surface area contributed by atoms with Crippen LogP contribution >= 0.6 is 0 Å². The van der Waals surface area contributed by atoms with Crippen molar-refractivity contribution in [1.29, 1.82) is 0 Å². The smallest absolute Gasteiger partial charge is 0.326 e. The zero-order valence-electron chi connectivity index (χ0n) is 11.2. The fourth-order valence-corrected chi connectivity index (χ4v) is 5.19. The molecule has 0 aromatic carbocycles. The number of nitrogens with zero attached hydrogens (tertiary/aromatic N) is 2. The Hall–Kier alpha value is -1.37. The standard InChI is InChI=1S/C13H18N2O4S/c16-13(17)10-5-3-4-9-8-14-12(15(9)10)11-6-1-2-7-20(11,18)19/h8,10-11H,1-7H2,(H,16,17). The average molecular weight is 298 g/mol. The maximum atomic E-state index is 12.2. The molecule has 0 spiro atoms. The van der Waals surface area contributed by atoms with Crippen molar-refractivity contribution in [2.75, 3.05) is 5.75 Å². The van der Waals surface area contributed by atoms with Gasteiger partial charge in [0.2, 0.25) is 0 Å². The SMILES string of the molecule is O=C(O)C1CCCc2cnc(C3CCCCS3(=O)=O)n21. The number of carboxylic acids is 1. The van der Waals surface area contributed by atoms with Crippen molar-refractivity contribution in [3.05, 3.63) is 17.7 Å². The Morgan fingerprint density at radius 2 is 2.10 bits per heavy atom. The van der Waals surface area contributed by atoms with Crippen molar-refractivity contribution in [3.8, 4) is 0 Å². The van der Waals surface area contributed by atoms with E-state index in [1.807, 2.05) is 0 Å². The molecule has 0 aliphatic carbocycles. The fourth-order valence-electron chi connectivity index (χ4n) is 3.28. The van der Waals surface area contributed by atoms with Crippen LogP contribution in [0.4, 0.5) is 0 Å². The third-order valence-corrected chi connectivity index (χ3v) is 6.45. The van der Waals surface area contributed by atoms with Crippen LogP contribution in [0.25, 0.3) is 0 Å². The van der Waals surface area contributed by atoms with Gasteiger partial charge < -0.3 is 9.67 Å². The lowest BCUT2D eigenvalue weighted by Gasteiger charge is -2.28. The fraction of sp³-hybridized carbons (Fsp3) is 0.692. The molecule has 1 fully saturated rings. The van der Waals surface area contributed by atoms with Crippen LogP contribution in [0, 0.1) is 0 Å². The molecular weight excluding hydrogens is 280 g/mol. The van der Waals surface area contributed by atoms with Crippen molar-refractivity contribution in [2.24, 2.45) is 0 Å². The van der Waals surface area contributed by atoms with Crippen LogP contribution < -0.4 is 0 Å². The molecule has 2 aliphatic heterocycles. The van der Waals surface area contributed by atoms with Gasteiger partial charge >= 0.3 is 5.97 Å². The first-order valence-electron chi connectivity index (χ1n) is 7.01. The molecule has 0 radical (unpaired) electrons. The van der Waals surface area contributed by atoms with Crippen LogP contribution in [0.3, 0.4) is 0 Å². The molecule has 6 nitrogen and oxygen atoms in total. The van der Waals surface area contributed by atoms with Gasteiger partial charge in [-0.2, -0.15) is 0 Å². The molecule has 3 heterocycles. The summed E-state index contributed by atoms with van der Waals surface area (Å²) < 4.78 is 26.1. The highest BCUT2D eigenvalue weighted by molar-refractivity contribution is 7.91. The minimum atomic E-state index is -3.21. The molecule has 20 heavy (non-hydrogen) atoms. The lowest BCUT2D eigenvalue weighted by molar-refractivity contribution is -0.141. The van der Waals surface area contributed by atoms with Gasteiger partial charge in [0.25, 0.3) is 0 Å². The molecule has 3 rings (SSSR count). The Morgan fingerprint density at radius 1 is 1.30 bits per heavy atom. The number of aliphatic carboxylic acids is 1. The van der Waals surface area contributed by atoms with Crippen molar-refractivity contribution >= 4 is 15.8 Å². The van der Waals surface area contributed by atoms with E-state index in [1.54, 1.807) is 10.8 Å². The first-order valence-corrected chi connectivity index (χ1v) is 8.72. The van der Waals surface area contributed by atoms with Crippen LogP contribution in [0.2, 0.25) is 0 Å². The molecule has 7 heteroatoms. The summed E-state index contributed by atoms with van der Waals surface area (Å²) in [5.41, 5.74) is 0.847. The van der Waals surface area contributed by atoms with Gasteiger partial charge in [0.1, 0.15) is 17.1 Å². The van der Waals surface area contributed by atoms with Crippen LogP contribution in [0.5, 0.6) is 0 Å². The van der Waals surface area contributed by atoms with Gasteiger partial charge in [0, 0.05) is 11.9 Å². The van der Waals surface area contributed by atoms with Gasteiger partial charge in [0.05, 0.1) is 5.75 Å². The number of carboxylic acid groups (broad SMARTS) is 1. The van der Waals surface area contributed by atoms with Gasteiger partial charge in [-0.1, -0.05) is 6.42 Å². The molecule has 0 saturated carbocycles. The van der Waals surface area contributed by atoms with E-state index in [0.717, 1.165) is 25.0 Å². The molecule has 1 aromatic heterocycles. The predicted molar refractivity (Wildman–Crippen MR) is 72.2 cm³/mol. The van der Waals surface area contributed by atoms with Gasteiger partial charge in [-0.05, 0) is 32.1 Å². The zero-order chi connectivity index (χ0) is 14.3. The lowest BCUT2D eigenvalue weighted by atomic mass is 10.0. The Morgan fingerprint density at radius 3 is 2.80 bits per heavy atom. The van der Waals surface area contributed by atoms with Gasteiger partial charge in [-0.25, -0.2) is 18.2 Å². The molecule has 2 aliphatic rings. The maximum absolute atomic E-state index is 12.2. The second-order valence-electron chi connectivity index (χ2n) is 5.58. The number of fused-ring (bicyclic) bond motifs is 1. The summed E-state index contributed by atoms with van der Waals surface area (Å²) in [7, 11) is -3.21. The Kier molecular flexibility index (Phi) is 3.32. The molecular formula is C13H18N2O4S. The van der Waals surface area contributed by atoms with Crippen LogP contribution in [0.15, 0.2) is 6.20 Å². The van der Waals surface area contributed by atoms with Crippen molar-refractivity contribution in [1.82, 2.24) is 9.55 Å². The first-order chi connectivity index (χ1) is 9.50. The third-order valence-electron chi connectivity index (χ3n) is 4.28. The Labute approximate surface area is 117 Å². The van der Waals surface area contributed by atoms with E-state index in [9.17, 15) is 18.3 Å². The second-order valence-corrected chi connectivity index (χ2v) is 7.88. The van der Waals surface area contributed by atoms with Crippen molar-refractivity contribution in [2.45, 2.75) is 49.8 Å². The molecule has 1 saturated heterocycles.